The summed E-state index contributed by atoms with van der Waals surface area (Å²) in [5.74, 6) is 2.55. The Labute approximate surface area is 188 Å². The molecular formula is C23H22N4O2S2. The summed E-state index contributed by atoms with van der Waals surface area (Å²) in [6.07, 6.45) is 3.95. The molecule has 1 saturated carbocycles. The van der Waals surface area contributed by atoms with Gasteiger partial charge in [-0.15, -0.1) is 21.5 Å². The highest BCUT2D eigenvalue weighted by molar-refractivity contribution is 7.99. The number of hydrogen-bond donors (Lipinski definition) is 1. The fraction of sp³-hybridized carbons (Fsp3) is 0.261. The van der Waals surface area contributed by atoms with E-state index in [1.54, 1.807) is 17.6 Å². The molecule has 8 heteroatoms. The van der Waals surface area contributed by atoms with Crippen molar-refractivity contribution >= 4 is 29.0 Å². The monoisotopic (exact) mass is 450 g/mol. The van der Waals surface area contributed by atoms with Crippen molar-refractivity contribution in [2.45, 2.75) is 36.5 Å². The lowest BCUT2D eigenvalue weighted by Crippen LogP contribution is -2.30. The Hall–Kier alpha value is -2.84. The van der Waals surface area contributed by atoms with Crippen LogP contribution in [0.2, 0.25) is 0 Å². The van der Waals surface area contributed by atoms with E-state index in [1.165, 1.54) is 11.8 Å². The van der Waals surface area contributed by atoms with Gasteiger partial charge < -0.3 is 9.73 Å². The molecule has 0 aliphatic heterocycles. The number of rotatable bonds is 9. The van der Waals surface area contributed by atoms with Crippen LogP contribution in [0.3, 0.4) is 0 Å². The fourth-order valence-corrected chi connectivity index (χ4v) is 5.07. The molecule has 0 radical (unpaired) electrons. The summed E-state index contributed by atoms with van der Waals surface area (Å²) >= 11 is 3.06. The van der Waals surface area contributed by atoms with Gasteiger partial charge in [0.05, 0.1) is 24.6 Å². The molecule has 6 nitrogen and oxygen atoms in total. The number of nitrogens with one attached hydrogen (secondary N) is 1. The molecular weight excluding hydrogens is 428 g/mol. The number of nitrogens with zero attached hydrogens (tertiary/aromatic N) is 3. The molecule has 1 aromatic carbocycles. The highest BCUT2D eigenvalue weighted by Gasteiger charge is 2.31. The number of furan rings is 1. The van der Waals surface area contributed by atoms with Gasteiger partial charge in [-0.05, 0) is 42.0 Å². The molecule has 31 heavy (non-hydrogen) atoms. The Balaban J connectivity index is 1.29. The van der Waals surface area contributed by atoms with E-state index in [1.807, 2.05) is 53.9 Å². The molecule has 5 rings (SSSR count). The molecule has 0 bridgehead atoms. The van der Waals surface area contributed by atoms with E-state index < -0.39 is 0 Å². The van der Waals surface area contributed by atoms with Gasteiger partial charge in [-0.2, -0.15) is 0 Å². The van der Waals surface area contributed by atoms with Gasteiger partial charge in [-0.1, -0.05) is 48.2 Å². The third kappa shape index (κ3) is 4.75. The number of aromatic nitrogens is 3. The largest absolute Gasteiger partial charge is 0.467 e. The van der Waals surface area contributed by atoms with Crippen molar-refractivity contribution in [3.05, 3.63) is 88.3 Å². The van der Waals surface area contributed by atoms with Crippen LogP contribution in [0.4, 0.5) is 0 Å². The summed E-state index contributed by atoms with van der Waals surface area (Å²) < 4.78 is 7.61. The van der Waals surface area contributed by atoms with Gasteiger partial charge in [0.15, 0.2) is 5.16 Å². The number of thioether (sulfide) groups is 1. The Morgan fingerprint density at radius 2 is 2.03 bits per heavy atom. The van der Waals surface area contributed by atoms with Crippen molar-refractivity contribution in [2.75, 3.05) is 5.75 Å². The number of amides is 1. The number of thiophene rings is 1. The molecule has 1 fully saturated rings. The number of carbonyl (C=O) groups is 1. The minimum Gasteiger partial charge on any atom is -0.467 e. The number of benzene rings is 1. The van der Waals surface area contributed by atoms with E-state index in [4.69, 9.17) is 4.42 Å². The van der Waals surface area contributed by atoms with Gasteiger partial charge >= 0.3 is 0 Å². The molecule has 1 N–H and O–H groups in total. The summed E-state index contributed by atoms with van der Waals surface area (Å²) in [7, 11) is 0. The summed E-state index contributed by atoms with van der Waals surface area (Å²) in [6.45, 7) is 0.581. The quantitative estimate of drug-likeness (QED) is 0.369. The predicted molar refractivity (Wildman–Crippen MR) is 121 cm³/mol. The van der Waals surface area contributed by atoms with Crippen LogP contribution in [0.1, 0.15) is 46.8 Å². The molecule has 158 valence electrons. The normalized spacial score (nSPS) is 14.5. The van der Waals surface area contributed by atoms with Gasteiger partial charge in [0, 0.05) is 10.8 Å². The van der Waals surface area contributed by atoms with Gasteiger partial charge in [-0.25, -0.2) is 0 Å². The molecule has 3 heterocycles. The minimum atomic E-state index is -0.155. The second-order valence-electron chi connectivity index (χ2n) is 7.50. The summed E-state index contributed by atoms with van der Waals surface area (Å²) in [4.78, 5) is 14.0. The molecule has 1 aliphatic carbocycles. The Morgan fingerprint density at radius 1 is 1.16 bits per heavy atom. The summed E-state index contributed by atoms with van der Waals surface area (Å²) in [5.41, 5.74) is 1.07. The van der Waals surface area contributed by atoms with Crippen LogP contribution in [-0.2, 0) is 11.3 Å². The fourth-order valence-electron chi connectivity index (χ4n) is 3.51. The minimum absolute atomic E-state index is 0.0345. The van der Waals surface area contributed by atoms with Gasteiger partial charge in [0.1, 0.15) is 11.6 Å². The highest BCUT2D eigenvalue weighted by Crippen LogP contribution is 2.40. The lowest BCUT2D eigenvalue weighted by atomic mass is 10.1. The zero-order valence-corrected chi connectivity index (χ0v) is 18.4. The van der Waals surface area contributed by atoms with Crippen molar-refractivity contribution < 1.29 is 9.21 Å². The van der Waals surface area contributed by atoms with Crippen molar-refractivity contribution in [2.24, 2.45) is 0 Å². The first-order valence-corrected chi connectivity index (χ1v) is 12.1. The van der Waals surface area contributed by atoms with Crippen LogP contribution >= 0.6 is 23.1 Å². The zero-order valence-electron chi connectivity index (χ0n) is 16.8. The van der Waals surface area contributed by atoms with Crippen molar-refractivity contribution in [1.29, 1.82) is 0 Å². The van der Waals surface area contributed by atoms with E-state index >= 15 is 0 Å². The second kappa shape index (κ2) is 9.11. The maximum absolute atomic E-state index is 12.9. The zero-order chi connectivity index (χ0) is 21.0. The number of carbonyl (C=O) groups excluding carboxylic acids is 1. The first-order valence-electron chi connectivity index (χ1n) is 10.2. The lowest BCUT2D eigenvalue weighted by Gasteiger charge is -2.18. The van der Waals surface area contributed by atoms with E-state index in [2.05, 4.69) is 26.1 Å². The average Bonchev–Trinajstić information content (AvgIpc) is 3.18. The molecule has 1 atom stereocenters. The standard InChI is InChI=1S/C23H22N4O2S2/c28-20(24-21(19-9-5-13-30-19)16-6-2-1-3-7-16)15-31-23-26-25-22(17-10-11-17)27(23)14-18-8-4-12-29-18/h1-9,12-13,17,21H,10-11,14-15H2,(H,24,28)/t21-/m1/s1. The molecule has 1 amide bonds. The van der Waals surface area contributed by atoms with E-state index in [0.717, 1.165) is 40.0 Å². The van der Waals surface area contributed by atoms with Crippen molar-refractivity contribution in [3.8, 4) is 0 Å². The molecule has 4 aromatic rings. The Bertz CT molecular complexity index is 1120. The lowest BCUT2D eigenvalue weighted by molar-refractivity contribution is -0.119. The first-order chi connectivity index (χ1) is 15.3. The predicted octanol–water partition coefficient (Wildman–Crippen LogP) is 4.86. The SMILES string of the molecule is O=C(CSc1nnc(C2CC2)n1Cc1ccco1)N[C@H](c1ccccc1)c1cccs1. The third-order valence-electron chi connectivity index (χ3n) is 5.18. The highest BCUT2D eigenvalue weighted by atomic mass is 32.2. The van der Waals surface area contributed by atoms with Crippen LogP contribution in [-0.4, -0.2) is 26.4 Å². The molecule has 1 aliphatic rings. The summed E-state index contributed by atoms with van der Waals surface area (Å²) in [6, 6.07) is 17.8. The molecule has 0 spiro atoms. The average molecular weight is 451 g/mol. The van der Waals surface area contributed by atoms with Crippen LogP contribution in [0, 0.1) is 0 Å². The van der Waals surface area contributed by atoms with Gasteiger partial charge in [0.25, 0.3) is 0 Å². The Kier molecular flexibility index (Phi) is 5.90. The summed E-state index contributed by atoms with van der Waals surface area (Å²) in [5, 5.41) is 14.7. The third-order valence-corrected chi connectivity index (χ3v) is 7.08. The van der Waals surface area contributed by atoms with Crippen molar-refractivity contribution in [3.63, 3.8) is 0 Å². The first kappa shape index (κ1) is 20.1. The maximum Gasteiger partial charge on any atom is 0.231 e. The second-order valence-corrected chi connectivity index (χ2v) is 9.42. The number of hydrogen-bond acceptors (Lipinski definition) is 6. The molecule has 0 unspecified atom stereocenters. The van der Waals surface area contributed by atoms with Crippen LogP contribution < -0.4 is 5.32 Å². The van der Waals surface area contributed by atoms with E-state index in [0.29, 0.717) is 12.5 Å². The maximum atomic E-state index is 12.9. The van der Waals surface area contributed by atoms with Gasteiger partial charge in [-0.3, -0.25) is 9.36 Å². The Morgan fingerprint density at radius 3 is 2.74 bits per heavy atom. The smallest absolute Gasteiger partial charge is 0.231 e. The van der Waals surface area contributed by atoms with Crippen LogP contribution in [0.25, 0.3) is 0 Å². The molecule has 0 saturated heterocycles. The van der Waals surface area contributed by atoms with Crippen molar-refractivity contribution in [1.82, 2.24) is 20.1 Å². The van der Waals surface area contributed by atoms with Crippen LogP contribution in [0.15, 0.2) is 75.8 Å². The van der Waals surface area contributed by atoms with Crippen LogP contribution in [0.5, 0.6) is 0 Å². The van der Waals surface area contributed by atoms with Gasteiger partial charge in [0.2, 0.25) is 5.91 Å². The van der Waals surface area contributed by atoms with E-state index in [-0.39, 0.29) is 17.7 Å². The van der Waals surface area contributed by atoms with E-state index in [9.17, 15) is 4.79 Å². The topological polar surface area (TPSA) is 73.0 Å². The molecule has 3 aromatic heterocycles.